The van der Waals surface area contributed by atoms with Gasteiger partial charge in [0.15, 0.2) is 0 Å². The molecule has 5 rings (SSSR count). The summed E-state index contributed by atoms with van der Waals surface area (Å²) in [6, 6.07) is 17.7. The van der Waals surface area contributed by atoms with E-state index < -0.39 is 5.92 Å². The first kappa shape index (κ1) is 23.8. The van der Waals surface area contributed by atoms with Gasteiger partial charge in [-0.3, -0.25) is 14.6 Å². The number of halogens is 1. The monoisotopic (exact) mass is 502 g/mol. The van der Waals surface area contributed by atoms with E-state index in [9.17, 15) is 9.59 Å². The molecule has 0 aromatic heterocycles. The molecule has 0 spiro atoms. The molecule has 3 aromatic carbocycles. The van der Waals surface area contributed by atoms with Crippen LogP contribution < -0.4 is 16.8 Å². The molecule has 1 unspecified atom stereocenters. The maximum atomic E-state index is 13.1. The van der Waals surface area contributed by atoms with Crippen molar-refractivity contribution in [2.24, 2.45) is 4.99 Å². The minimum absolute atomic E-state index is 0.00568. The van der Waals surface area contributed by atoms with Crippen LogP contribution in [0.25, 0.3) is 0 Å². The number of likely N-dealkylation sites (N-methyl/N-ethyl adjacent to an activating group) is 1. The van der Waals surface area contributed by atoms with Gasteiger partial charge in [-0.05, 0) is 66.7 Å². The summed E-state index contributed by atoms with van der Waals surface area (Å²) in [4.78, 5) is 35.0. The number of fused-ring (bicyclic) bond motifs is 1. The molecule has 36 heavy (non-hydrogen) atoms. The van der Waals surface area contributed by atoms with Crippen molar-refractivity contribution in [3.8, 4) is 0 Å². The van der Waals surface area contributed by atoms with Gasteiger partial charge in [0.1, 0.15) is 5.92 Å². The van der Waals surface area contributed by atoms with Crippen LogP contribution in [-0.2, 0) is 4.79 Å². The quantitative estimate of drug-likeness (QED) is 0.371. The lowest BCUT2D eigenvalue weighted by molar-refractivity contribution is -0.115. The Morgan fingerprint density at radius 1 is 0.944 bits per heavy atom. The number of aliphatic imine (C=N–C) groups is 1. The van der Waals surface area contributed by atoms with Crippen molar-refractivity contribution in [2.75, 3.05) is 50.0 Å². The van der Waals surface area contributed by atoms with E-state index in [-0.39, 0.29) is 11.8 Å². The van der Waals surface area contributed by atoms with E-state index in [1.54, 1.807) is 54.6 Å². The summed E-state index contributed by atoms with van der Waals surface area (Å²) >= 11 is 6.14. The van der Waals surface area contributed by atoms with Gasteiger partial charge in [-0.1, -0.05) is 23.7 Å². The highest BCUT2D eigenvalue weighted by Crippen LogP contribution is 2.38. The summed E-state index contributed by atoms with van der Waals surface area (Å²) < 4.78 is 0. The number of nitrogen functional groups attached to an aromatic ring is 2. The molecule has 5 N–H and O–H groups in total. The molecular formula is C27H27ClN6O2. The van der Waals surface area contributed by atoms with E-state index in [1.165, 1.54) is 0 Å². The number of carbonyl (C=O) groups is 2. The third-order valence-electron chi connectivity index (χ3n) is 6.66. The van der Waals surface area contributed by atoms with Crippen LogP contribution in [0.15, 0.2) is 65.7 Å². The van der Waals surface area contributed by atoms with Crippen LogP contribution in [0.2, 0.25) is 5.02 Å². The third-order valence-corrected chi connectivity index (χ3v) is 6.89. The number of piperazine rings is 1. The second-order valence-corrected chi connectivity index (χ2v) is 9.57. The molecule has 2 aliphatic heterocycles. The molecule has 2 amide bonds. The number of carbonyl (C=O) groups excluding carboxylic acids is 2. The van der Waals surface area contributed by atoms with Crippen molar-refractivity contribution in [1.29, 1.82) is 0 Å². The molecule has 0 saturated carbocycles. The maximum absolute atomic E-state index is 13.1. The first-order chi connectivity index (χ1) is 17.3. The van der Waals surface area contributed by atoms with Gasteiger partial charge in [0.25, 0.3) is 5.91 Å². The molecule has 1 atom stereocenters. The minimum atomic E-state index is -0.660. The lowest BCUT2D eigenvalue weighted by Crippen LogP contribution is -2.47. The Hall–Kier alpha value is -3.88. The Balaban J connectivity index is 1.51. The zero-order valence-electron chi connectivity index (χ0n) is 19.9. The first-order valence-corrected chi connectivity index (χ1v) is 12.1. The maximum Gasteiger partial charge on any atom is 0.253 e. The van der Waals surface area contributed by atoms with E-state index in [0.717, 1.165) is 18.7 Å². The van der Waals surface area contributed by atoms with Crippen LogP contribution in [0, 0.1) is 0 Å². The van der Waals surface area contributed by atoms with Crippen LogP contribution in [-0.4, -0.2) is 60.6 Å². The largest absolute Gasteiger partial charge is 0.397 e. The number of nitrogens with zero attached hydrogens (tertiary/aromatic N) is 3. The molecule has 0 radical (unpaired) electrons. The second kappa shape index (κ2) is 9.64. The molecule has 3 aromatic rings. The van der Waals surface area contributed by atoms with Crippen molar-refractivity contribution >= 4 is 51.9 Å². The van der Waals surface area contributed by atoms with E-state index in [1.807, 2.05) is 11.0 Å². The highest BCUT2D eigenvalue weighted by molar-refractivity contribution is 6.31. The van der Waals surface area contributed by atoms with Crippen molar-refractivity contribution in [1.82, 2.24) is 9.80 Å². The van der Waals surface area contributed by atoms with E-state index in [4.69, 9.17) is 28.1 Å². The summed E-state index contributed by atoms with van der Waals surface area (Å²) in [5.41, 5.74) is 16.7. The van der Waals surface area contributed by atoms with E-state index in [2.05, 4.69) is 17.3 Å². The molecule has 0 aliphatic carbocycles. The standard InChI is InChI=1S/C27H27ClN6O2/c1-33-10-12-34(13-11-33)27(36)16-2-6-19(7-3-16)31-25(17-4-9-21(29)22(30)14-17)24-20-8-5-18(28)15-23(20)32-26(24)35/h2-9,14-15,24H,10-13,29-30H2,1H3,(H,32,35). The highest BCUT2D eigenvalue weighted by atomic mass is 35.5. The number of rotatable bonds is 4. The summed E-state index contributed by atoms with van der Waals surface area (Å²) in [5, 5.41) is 3.43. The lowest BCUT2D eigenvalue weighted by atomic mass is 9.90. The van der Waals surface area contributed by atoms with Crippen LogP contribution in [0.1, 0.15) is 27.4 Å². The first-order valence-electron chi connectivity index (χ1n) is 11.7. The number of hydrogen-bond acceptors (Lipinski definition) is 6. The minimum Gasteiger partial charge on any atom is -0.397 e. The Morgan fingerprint density at radius 3 is 2.33 bits per heavy atom. The normalized spacial score (nSPS) is 18.2. The topological polar surface area (TPSA) is 117 Å². The molecule has 8 nitrogen and oxygen atoms in total. The summed E-state index contributed by atoms with van der Waals surface area (Å²) in [6.07, 6.45) is 0. The van der Waals surface area contributed by atoms with Crippen LogP contribution in [0.3, 0.4) is 0 Å². The van der Waals surface area contributed by atoms with Crippen LogP contribution in [0.5, 0.6) is 0 Å². The third kappa shape index (κ3) is 4.65. The van der Waals surface area contributed by atoms with E-state index in [0.29, 0.717) is 57.7 Å². The summed E-state index contributed by atoms with van der Waals surface area (Å²) in [6.45, 7) is 3.13. The zero-order valence-corrected chi connectivity index (χ0v) is 20.6. The second-order valence-electron chi connectivity index (χ2n) is 9.14. The fourth-order valence-corrected chi connectivity index (χ4v) is 4.72. The predicted molar refractivity (Wildman–Crippen MR) is 144 cm³/mol. The lowest BCUT2D eigenvalue weighted by Gasteiger charge is -2.32. The number of amides is 2. The predicted octanol–water partition coefficient (Wildman–Crippen LogP) is 3.75. The smallest absolute Gasteiger partial charge is 0.253 e. The van der Waals surface area contributed by atoms with Gasteiger partial charge in [-0.2, -0.15) is 0 Å². The Morgan fingerprint density at radius 2 is 1.64 bits per heavy atom. The molecule has 9 heteroatoms. The SMILES string of the molecule is CN1CCN(C(=O)c2ccc(N=C(c3ccc(N)c(N)c3)C3C(=O)Nc4cc(Cl)ccc43)cc2)CC1. The van der Waals surface area contributed by atoms with Gasteiger partial charge in [0.2, 0.25) is 5.91 Å². The fourth-order valence-electron chi connectivity index (χ4n) is 4.55. The van der Waals surface area contributed by atoms with Gasteiger partial charge < -0.3 is 26.6 Å². The molecule has 0 bridgehead atoms. The number of nitrogens with one attached hydrogen (secondary N) is 1. The highest BCUT2D eigenvalue weighted by Gasteiger charge is 2.35. The molecule has 2 aliphatic rings. The molecule has 184 valence electrons. The van der Waals surface area contributed by atoms with Gasteiger partial charge in [-0.25, -0.2) is 0 Å². The van der Waals surface area contributed by atoms with Gasteiger partial charge in [0, 0.05) is 42.5 Å². The molecule has 1 fully saturated rings. The van der Waals surface area contributed by atoms with Crippen molar-refractivity contribution in [2.45, 2.75) is 5.92 Å². The average molecular weight is 503 g/mol. The summed E-state index contributed by atoms with van der Waals surface area (Å²) in [5.74, 6) is -0.860. The van der Waals surface area contributed by atoms with Crippen LogP contribution in [0.4, 0.5) is 22.7 Å². The fraction of sp³-hybridized carbons (Fsp3) is 0.222. The van der Waals surface area contributed by atoms with Gasteiger partial charge >= 0.3 is 0 Å². The molecule has 1 saturated heterocycles. The number of anilines is 3. The Labute approximate surface area is 214 Å². The van der Waals surface area contributed by atoms with Crippen molar-refractivity contribution in [3.05, 3.63) is 82.4 Å². The van der Waals surface area contributed by atoms with Gasteiger partial charge in [0.05, 0.1) is 22.8 Å². The van der Waals surface area contributed by atoms with Crippen molar-refractivity contribution < 1.29 is 9.59 Å². The number of nitrogens with two attached hydrogens (primary N) is 2. The van der Waals surface area contributed by atoms with Gasteiger partial charge in [-0.15, -0.1) is 0 Å². The average Bonchev–Trinajstić information content (AvgIpc) is 3.19. The number of hydrogen-bond donors (Lipinski definition) is 3. The molecular weight excluding hydrogens is 476 g/mol. The summed E-state index contributed by atoms with van der Waals surface area (Å²) in [7, 11) is 2.05. The Kier molecular flexibility index (Phi) is 6.38. The van der Waals surface area contributed by atoms with Crippen molar-refractivity contribution in [3.63, 3.8) is 0 Å². The zero-order chi connectivity index (χ0) is 25.4. The van der Waals surface area contributed by atoms with E-state index >= 15 is 0 Å². The Bertz CT molecular complexity index is 1360. The number of benzene rings is 3. The molecule has 2 heterocycles. The van der Waals surface area contributed by atoms with Crippen LogP contribution >= 0.6 is 11.6 Å².